The molecule has 0 radical (unpaired) electrons. The summed E-state index contributed by atoms with van der Waals surface area (Å²) < 4.78 is 0. The summed E-state index contributed by atoms with van der Waals surface area (Å²) in [6.45, 7) is 2.09. The Morgan fingerprint density at radius 1 is 1.64 bits per heavy atom. The second kappa shape index (κ2) is 4.20. The summed E-state index contributed by atoms with van der Waals surface area (Å²) in [5.74, 6) is 6.69. The summed E-state index contributed by atoms with van der Waals surface area (Å²) in [5.41, 5.74) is 1.24. The minimum Gasteiger partial charge on any atom is -0.396 e. The van der Waals surface area contributed by atoms with Crippen molar-refractivity contribution in [3.05, 3.63) is 11.6 Å². The standard InChI is InChI=1S/C10H14O/c1-2-4-9(5-3-8-11)10-6-7-10/h5,10-11H,3,6-8H2,1H3/b9-5-. The molecule has 0 bridgehead atoms. The maximum Gasteiger partial charge on any atom is 0.0465 e. The third-order valence-corrected chi connectivity index (χ3v) is 1.78. The van der Waals surface area contributed by atoms with Crippen LogP contribution in [-0.4, -0.2) is 11.7 Å². The van der Waals surface area contributed by atoms with E-state index in [0.717, 1.165) is 6.42 Å². The molecule has 0 heterocycles. The molecule has 1 aliphatic rings. The number of hydrogen-bond donors (Lipinski definition) is 1. The quantitative estimate of drug-likeness (QED) is 0.607. The van der Waals surface area contributed by atoms with Crippen LogP contribution in [0.15, 0.2) is 11.6 Å². The van der Waals surface area contributed by atoms with Gasteiger partial charge in [0.05, 0.1) is 0 Å². The average Bonchev–Trinajstić information content (AvgIpc) is 2.80. The Kier molecular flexibility index (Phi) is 3.19. The molecule has 1 fully saturated rings. The zero-order chi connectivity index (χ0) is 8.10. The van der Waals surface area contributed by atoms with Gasteiger partial charge in [0.15, 0.2) is 0 Å². The molecule has 1 aliphatic carbocycles. The maximum absolute atomic E-state index is 8.59. The van der Waals surface area contributed by atoms with Gasteiger partial charge in [-0.1, -0.05) is 12.0 Å². The third kappa shape index (κ3) is 2.78. The summed E-state index contributed by atoms with van der Waals surface area (Å²) in [4.78, 5) is 0. The molecule has 11 heavy (non-hydrogen) atoms. The highest BCUT2D eigenvalue weighted by molar-refractivity contribution is 5.33. The number of allylic oxidation sites excluding steroid dienone is 1. The van der Waals surface area contributed by atoms with Gasteiger partial charge >= 0.3 is 0 Å². The van der Waals surface area contributed by atoms with Crippen LogP contribution in [0.4, 0.5) is 0 Å². The molecule has 1 N–H and O–H groups in total. The Morgan fingerprint density at radius 2 is 2.36 bits per heavy atom. The third-order valence-electron chi connectivity index (χ3n) is 1.78. The molecule has 1 saturated carbocycles. The Hall–Kier alpha value is -0.740. The van der Waals surface area contributed by atoms with E-state index in [0.29, 0.717) is 5.92 Å². The van der Waals surface area contributed by atoms with E-state index in [1.54, 1.807) is 0 Å². The lowest BCUT2D eigenvalue weighted by atomic mass is 10.1. The largest absolute Gasteiger partial charge is 0.396 e. The van der Waals surface area contributed by atoms with Crippen LogP contribution < -0.4 is 0 Å². The molecular weight excluding hydrogens is 136 g/mol. The van der Waals surface area contributed by atoms with E-state index >= 15 is 0 Å². The van der Waals surface area contributed by atoms with Gasteiger partial charge in [-0.05, 0) is 32.1 Å². The predicted octanol–water partition coefficient (Wildman–Crippen LogP) is 1.73. The van der Waals surface area contributed by atoms with Gasteiger partial charge in [-0.25, -0.2) is 0 Å². The minimum absolute atomic E-state index is 0.238. The van der Waals surface area contributed by atoms with Crippen LogP contribution >= 0.6 is 0 Å². The van der Waals surface area contributed by atoms with Crippen molar-refractivity contribution in [3.8, 4) is 11.8 Å². The molecule has 1 heteroatoms. The zero-order valence-electron chi connectivity index (χ0n) is 6.93. The normalized spacial score (nSPS) is 17.5. The highest BCUT2D eigenvalue weighted by Gasteiger charge is 2.24. The lowest BCUT2D eigenvalue weighted by Crippen LogP contribution is -1.84. The summed E-state index contributed by atoms with van der Waals surface area (Å²) in [6, 6.07) is 0. The van der Waals surface area contributed by atoms with Gasteiger partial charge < -0.3 is 5.11 Å². The minimum atomic E-state index is 0.238. The van der Waals surface area contributed by atoms with Crippen LogP contribution in [0.1, 0.15) is 26.2 Å². The first-order chi connectivity index (χ1) is 5.38. The Bertz CT molecular complexity index is 201. The first kappa shape index (κ1) is 8.36. The monoisotopic (exact) mass is 150 g/mol. The van der Waals surface area contributed by atoms with Crippen molar-refractivity contribution in [1.29, 1.82) is 0 Å². The van der Waals surface area contributed by atoms with E-state index in [2.05, 4.69) is 17.9 Å². The topological polar surface area (TPSA) is 20.2 Å². The lowest BCUT2D eigenvalue weighted by molar-refractivity contribution is 0.302. The molecular formula is C10H14O. The Labute approximate surface area is 68.1 Å². The summed E-state index contributed by atoms with van der Waals surface area (Å²) in [6.07, 6.45) is 5.38. The summed E-state index contributed by atoms with van der Waals surface area (Å²) in [7, 11) is 0. The Balaban J connectivity index is 2.48. The highest BCUT2D eigenvalue weighted by Crippen LogP contribution is 2.36. The van der Waals surface area contributed by atoms with Crippen LogP contribution in [-0.2, 0) is 0 Å². The zero-order valence-corrected chi connectivity index (χ0v) is 6.93. The molecule has 1 rings (SSSR count). The number of rotatable bonds is 3. The second-order valence-corrected chi connectivity index (χ2v) is 2.82. The highest BCUT2D eigenvalue weighted by atomic mass is 16.2. The van der Waals surface area contributed by atoms with Crippen LogP contribution in [0.3, 0.4) is 0 Å². The van der Waals surface area contributed by atoms with E-state index < -0.39 is 0 Å². The number of hydrogen-bond acceptors (Lipinski definition) is 1. The van der Waals surface area contributed by atoms with Crippen molar-refractivity contribution < 1.29 is 5.11 Å². The van der Waals surface area contributed by atoms with Crippen LogP contribution in [0.25, 0.3) is 0 Å². The molecule has 0 aliphatic heterocycles. The van der Waals surface area contributed by atoms with Crippen molar-refractivity contribution in [2.24, 2.45) is 5.92 Å². The second-order valence-electron chi connectivity index (χ2n) is 2.82. The molecule has 0 amide bonds. The number of aliphatic hydroxyl groups excluding tert-OH is 1. The fourth-order valence-electron chi connectivity index (χ4n) is 1.08. The SMILES string of the molecule is CC#C/C(=C/CCO)C1CC1. The van der Waals surface area contributed by atoms with Crippen molar-refractivity contribution in [2.45, 2.75) is 26.2 Å². The fraction of sp³-hybridized carbons (Fsp3) is 0.600. The van der Waals surface area contributed by atoms with Crippen molar-refractivity contribution in [1.82, 2.24) is 0 Å². The van der Waals surface area contributed by atoms with Gasteiger partial charge in [0.25, 0.3) is 0 Å². The molecule has 1 nitrogen and oxygen atoms in total. The summed E-state index contributed by atoms with van der Waals surface area (Å²) >= 11 is 0. The molecule has 0 atom stereocenters. The molecule has 0 aromatic rings. The molecule has 0 aromatic carbocycles. The predicted molar refractivity (Wildman–Crippen MR) is 46.0 cm³/mol. The molecule has 0 saturated heterocycles. The molecule has 0 unspecified atom stereocenters. The fourth-order valence-corrected chi connectivity index (χ4v) is 1.08. The van der Waals surface area contributed by atoms with Gasteiger partial charge in [0.2, 0.25) is 0 Å². The number of aliphatic hydroxyl groups is 1. The van der Waals surface area contributed by atoms with Gasteiger partial charge in [0.1, 0.15) is 0 Å². The van der Waals surface area contributed by atoms with E-state index in [9.17, 15) is 0 Å². The maximum atomic E-state index is 8.59. The van der Waals surface area contributed by atoms with Crippen LogP contribution in [0, 0.1) is 17.8 Å². The Morgan fingerprint density at radius 3 is 2.82 bits per heavy atom. The van der Waals surface area contributed by atoms with Crippen LogP contribution in [0.2, 0.25) is 0 Å². The van der Waals surface area contributed by atoms with Gasteiger partial charge in [-0.15, -0.1) is 5.92 Å². The van der Waals surface area contributed by atoms with Gasteiger partial charge in [-0.3, -0.25) is 0 Å². The van der Waals surface area contributed by atoms with E-state index in [4.69, 9.17) is 5.11 Å². The first-order valence-corrected chi connectivity index (χ1v) is 4.12. The van der Waals surface area contributed by atoms with Gasteiger partial charge in [0, 0.05) is 12.2 Å². The molecule has 0 aromatic heterocycles. The van der Waals surface area contributed by atoms with Crippen LogP contribution in [0.5, 0.6) is 0 Å². The average molecular weight is 150 g/mol. The molecule has 60 valence electrons. The molecule has 0 spiro atoms. The smallest absolute Gasteiger partial charge is 0.0465 e. The van der Waals surface area contributed by atoms with Crippen molar-refractivity contribution in [2.75, 3.05) is 6.61 Å². The van der Waals surface area contributed by atoms with Crippen molar-refractivity contribution >= 4 is 0 Å². The van der Waals surface area contributed by atoms with E-state index in [1.807, 2.05) is 6.92 Å². The van der Waals surface area contributed by atoms with E-state index in [-0.39, 0.29) is 6.61 Å². The van der Waals surface area contributed by atoms with Crippen molar-refractivity contribution in [3.63, 3.8) is 0 Å². The van der Waals surface area contributed by atoms with E-state index in [1.165, 1.54) is 18.4 Å². The van der Waals surface area contributed by atoms with Gasteiger partial charge in [-0.2, -0.15) is 0 Å². The lowest BCUT2D eigenvalue weighted by Gasteiger charge is -1.93. The first-order valence-electron chi connectivity index (χ1n) is 4.12. The summed E-state index contributed by atoms with van der Waals surface area (Å²) in [5, 5.41) is 8.59.